The Morgan fingerprint density at radius 2 is 0.641 bits per heavy atom. The number of fused-ring (bicyclic) bond motifs is 18. The van der Waals surface area contributed by atoms with E-state index in [1.54, 1.807) is 0 Å². The maximum absolute atomic E-state index is 5.29. The van der Waals surface area contributed by atoms with Crippen molar-refractivity contribution >= 4 is 82.8 Å². The molecule has 6 nitrogen and oxygen atoms in total. The second-order valence-electron chi connectivity index (χ2n) is 10.2. The lowest BCUT2D eigenvalue weighted by atomic mass is 10.1. The minimum Gasteiger partial charge on any atom is -0.247 e. The van der Waals surface area contributed by atoms with Crippen molar-refractivity contribution in [2.45, 2.75) is 0 Å². The minimum atomic E-state index is 0.807. The molecule has 4 aromatic heterocycles. The lowest BCUT2D eigenvalue weighted by Crippen LogP contribution is -2.03. The summed E-state index contributed by atoms with van der Waals surface area (Å²) in [7, 11) is 0. The van der Waals surface area contributed by atoms with Gasteiger partial charge in [-0.05, 0) is 34.4 Å². The summed E-state index contributed by atoms with van der Waals surface area (Å²) in [4.78, 5) is 15.9. The normalized spacial score (nSPS) is 12.6. The van der Waals surface area contributed by atoms with Gasteiger partial charge in [-0.25, -0.2) is 28.2 Å². The number of benzene rings is 6. The molecule has 0 N–H and O–H groups in total. The fourth-order valence-corrected chi connectivity index (χ4v) is 6.44. The van der Waals surface area contributed by atoms with Gasteiger partial charge in [-0.15, -0.1) is 0 Å². The Bertz CT molecular complexity index is 2350. The van der Waals surface area contributed by atoms with E-state index in [2.05, 4.69) is 122 Å². The maximum atomic E-state index is 5.29. The first-order valence-electron chi connectivity index (χ1n) is 13.1. The molecule has 0 amide bonds. The molecule has 0 bridgehead atoms. The largest absolute Gasteiger partial charge is 0.247 e. The predicted octanol–water partition coefficient (Wildman–Crippen LogP) is 7.55. The van der Waals surface area contributed by atoms with Crippen LogP contribution in [0.15, 0.2) is 109 Å². The minimum absolute atomic E-state index is 0.807. The smallest absolute Gasteiger partial charge is 0.225 e. The number of imidazole rings is 3. The lowest BCUT2D eigenvalue weighted by Gasteiger charge is -2.05. The monoisotopic (exact) mass is 498 g/mol. The first-order valence-corrected chi connectivity index (χ1v) is 13.1. The molecular formula is C33H18N6. The summed E-state index contributed by atoms with van der Waals surface area (Å²) in [6, 6.07) is 38.3. The van der Waals surface area contributed by atoms with E-state index in [1.165, 1.54) is 16.2 Å². The van der Waals surface area contributed by atoms with Crippen molar-refractivity contribution in [3.63, 3.8) is 0 Å². The third-order valence-corrected chi connectivity index (χ3v) is 8.20. The number of hydrogen-bond donors (Lipinski definition) is 0. The molecular weight excluding hydrogens is 480 g/mol. The molecule has 0 saturated carbocycles. The van der Waals surface area contributed by atoms with Crippen LogP contribution in [0, 0.1) is 0 Å². The average Bonchev–Trinajstić information content (AvgIpc) is 3.68. The number of nitrogens with zero attached hydrogens (tertiary/aromatic N) is 6. The van der Waals surface area contributed by atoms with Gasteiger partial charge in [0.2, 0.25) is 17.3 Å². The first-order chi connectivity index (χ1) is 19.3. The molecule has 0 aliphatic rings. The zero-order valence-corrected chi connectivity index (χ0v) is 20.6. The van der Waals surface area contributed by atoms with Crippen molar-refractivity contribution in [1.29, 1.82) is 0 Å². The van der Waals surface area contributed by atoms with Gasteiger partial charge in [0.1, 0.15) is 0 Å². The molecule has 10 rings (SSSR count). The van der Waals surface area contributed by atoms with Gasteiger partial charge in [0.15, 0.2) is 0 Å². The Morgan fingerprint density at radius 3 is 0.974 bits per heavy atom. The van der Waals surface area contributed by atoms with Crippen LogP contribution in [0.1, 0.15) is 0 Å². The molecule has 0 radical (unpaired) electrons. The summed E-state index contributed by atoms with van der Waals surface area (Å²) >= 11 is 0. The maximum Gasteiger partial charge on any atom is 0.225 e. The fourth-order valence-electron chi connectivity index (χ4n) is 6.44. The molecule has 0 saturated heterocycles. The fraction of sp³-hybridized carbons (Fsp3) is 0. The molecule has 0 aliphatic carbocycles. The van der Waals surface area contributed by atoms with Crippen LogP contribution in [0.3, 0.4) is 0 Å². The standard InChI is InChI=1S/C33H18N6/c1-4-10-22-19(7-1)13-16-25-28(22)34-31-37(25)32-35-30-24-12-6-3-9-21(24)15-18-27(30)39(32)33-36-29-23-11-5-2-8-20(23)14-17-26(29)38(31)33/h1-18H. The summed E-state index contributed by atoms with van der Waals surface area (Å²) in [5.74, 6) is 2.42. The van der Waals surface area contributed by atoms with E-state index >= 15 is 0 Å². The Balaban J connectivity index is 1.56. The van der Waals surface area contributed by atoms with Crippen LogP contribution in [0.4, 0.5) is 0 Å². The molecule has 0 atom stereocenters. The van der Waals surface area contributed by atoms with E-state index in [9.17, 15) is 0 Å². The molecule has 4 heterocycles. The van der Waals surface area contributed by atoms with Crippen molar-refractivity contribution in [1.82, 2.24) is 28.2 Å². The van der Waals surface area contributed by atoms with Crippen molar-refractivity contribution in [2.24, 2.45) is 0 Å². The zero-order chi connectivity index (χ0) is 25.2. The first kappa shape index (κ1) is 19.6. The van der Waals surface area contributed by atoms with E-state index in [0.29, 0.717) is 0 Å². The third-order valence-electron chi connectivity index (χ3n) is 8.20. The van der Waals surface area contributed by atoms with Crippen LogP contribution in [-0.2, 0) is 0 Å². The Morgan fingerprint density at radius 1 is 0.333 bits per heavy atom. The highest BCUT2D eigenvalue weighted by Gasteiger charge is 2.22. The molecule has 0 spiro atoms. The van der Waals surface area contributed by atoms with E-state index in [-0.39, 0.29) is 0 Å². The molecule has 0 aliphatic heterocycles. The summed E-state index contributed by atoms with van der Waals surface area (Å²) in [5.41, 5.74) is 5.96. The number of aromatic nitrogens is 6. The van der Waals surface area contributed by atoms with Crippen LogP contribution >= 0.6 is 0 Å². The van der Waals surface area contributed by atoms with Crippen molar-refractivity contribution in [3.05, 3.63) is 109 Å². The molecule has 180 valence electrons. The van der Waals surface area contributed by atoms with Gasteiger partial charge < -0.3 is 0 Å². The van der Waals surface area contributed by atoms with Crippen LogP contribution in [0.2, 0.25) is 0 Å². The SMILES string of the molecule is c1ccc2c(c1)ccc1c2nc2n1c1nc3c4ccccc4ccc3n1c1nc3c4ccccc4ccc3n21. The van der Waals surface area contributed by atoms with Gasteiger partial charge in [-0.3, -0.25) is 0 Å². The number of hydrogen-bond acceptors (Lipinski definition) is 3. The van der Waals surface area contributed by atoms with Crippen LogP contribution in [0.25, 0.3) is 82.8 Å². The Kier molecular flexibility index (Phi) is 3.36. The van der Waals surface area contributed by atoms with Gasteiger partial charge in [0, 0.05) is 16.2 Å². The lowest BCUT2D eigenvalue weighted by molar-refractivity contribution is 1.01. The zero-order valence-electron chi connectivity index (χ0n) is 20.6. The van der Waals surface area contributed by atoms with Crippen LogP contribution in [-0.4, -0.2) is 28.2 Å². The van der Waals surface area contributed by atoms with E-state index in [4.69, 9.17) is 15.0 Å². The quantitative estimate of drug-likeness (QED) is 0.217. The summed E-state index contributed by atoms with van der Waals surface area (Å²) in [5, 5.41) is 6.88. The second kappa shape index (κ2) is 6.68. The second-order valence-corrected chi connectivity index (χ2v) is 10.2. The van der Waals surface area contributed by atoms with Crippen molar-refractivity contribution in [3.8, 4) is 0 Å². The van der Waals surface area contributed by atoms with Gasteiger partial charge in [-0.1, -0.05) is 91.0 Å². The average molecular weight is 499 g/mol. The highest BCUT2D eigenvalue weighted by Crippen LogP contribution is 2.34. The molecule has 6 aromatic carbocycles. The van der Waals surface area contributed by atoms with Gasteiger partial charge >= 0.3 is 0 Å². The summed E-state index contributed by atoms with van der Waals surface area (Å²) < 4.78 is 6.58. The number of rotatable bonds is 0. The Labute approximate surface area is 220 Å². The highest BCUT2D eigenvalue weighted by molar-refractivity contribution is 6.10. The summed E-state index contributed by atoms with van der Waals surface area (Å²) in [6.45, 7) is 0. The van der Waals surface area contributed by atoms with E-state index in [1.807, 2.05) is 0 Å². The Hall–Kier alpha value is -5.49. The topological polar surface area (TPSA) is 51.9 Å². The van der Waals surface area contributed by atoms with Crippen LogP contribution < -0.4 is 0 Å². The third kappa shape index (κ3) is 2.31. The highest BCUT2D eigenvalue weighted by atomic mass is 15.3. The van der Waals surface area contributed by atoms with Crippen LogP contribution in [0.5, 0.6) is 0 Å². The van der Waals surface area contributed by atoms with E-state index in [0.717, 1.165) is 66.6 Å². The summed E-state index contributed by atoms with van der Waals surface area (Å²) in [6.07, 6.45) is 0. The van der Waals surface area contributed by atoms with Gasteiger partial charge in [-0.2, -0.15) is 0 Å². The molecule has 10 aromatic rings. The molecule has 0 fully saturated rings. The van der Waals surface area contributed by atoms with Gasteiger partial charge in [0.25, 0.3) is 0 Å². The molecule has 6 heteroatoms. The van der Waals surface area contributed by atoms with Crippen molar-refractivity contribution in [2.75, 3.05) is 0 Å². The predicted molar refractivity (Wildman–Crippen MR) is 158 cm³/mol. The van der Waals surface area contributed by atoms with E-state index < -0.39 is 0 Å². The van der Waals surface area contributed by atoms with Crippen molar-refractivity contribution < 1.29 is 0 Å². The van der Waals surface area contributed by atoms with Gasteiger partial charge in [0.05, 0.1) is 33.1 Å². The molecule has 39 heavy (non-hydrogen) atoms. The molecule has 0 unspecified atom stereocenters.